The van der Waals surface area contributed by atoms with Crippen LogP contribution in [0.2, 0.25) is 0 Å². The molecule has 18 heavy (non-hydrogen) atoms. The second-order valence-electron chi connectivity index (χ2n) is 4.74. The molecule has 1 atom stereocenters. The molecule has 3 rings (SSSR count). The molecule has 2 nitrogen and oxygen atoms in total. The van der Waals surface area contributed by atoms with E-state index in [1.54, 1.807) is 24.3 Å². The Morgan fingerprint density at radius 2 is 1.94 bits per heavy atom. The quantitative estimate of drug-likeness (QED) is 0.744. The Balaban J connectivity index is 2.29. The molecule has 1 aliphatic carbocycles. The van der Waals surface area contributed by atoms with Crippen molar-refractivity contribution >= 4 is 10.9 Å². The van der Waals surface area contributed by atoms with Crippen LogP contribution in [0.4, 0.5) is 13.2 Å². The fraction of sp³-hybridized carbons (Fsp3) is 0.385. The molecular formula is C13H12F3NO. The number of aryl methyl sites for hydroxylation is 1. The van der Waals surface area contributed by atoms with Gasteiger partial charge in [-0.3, -0.25) is 0 Å². The molecule has 0 bridgehead atoms. The molecule has 2 aromatic rings. The van der Waals surface area contributed by atoms with Gasteiger partial charge in [-0.05, 0) is 30.9 Å². The Morgan fingerprint density at radius 1 is 1.22 bits per heavy atom. The Kier molecular flexibility index (Phi) is 2.26. The van der Waals surface area contributed by atoms with Gasteiger partial charge >= 0.3 is 6.18 Å². The van der Waals surface area contributed by atoms with Crippen molar-refractivity contribution in [3.8, 4) is 0 Å². The lowest BCUT2D eigenvalue weighted by atomic mass is 9.82. The lowest BCUT2D eigenvalue weighted by Gasteiger charge is -2.33. The van der Waals surface area contributed by atoms with Crippen molar-refractivity contribution in [3.05, 3.63) is 35.5 Å². The number of para-hydroxylation sites is 1. The highest BCUT2D eigenvalue weighted by atomic mass is 19.4. The summed E-state index contributed by atoms with van der Waals surface area (Å²) < 4.78 is 39.2. The lowest BCUT2D eigenvalue weighted by Crippen LogP contribution is -2.45. The van der Waals surface area contributed by atoms with E-state index in [0.29, 0.717) is 23.9 Å². The summed E-state index contributed by atoms with van der Waals surface area (Å²) in [6, 6.07) is 7.06. The van der Waals surface area contributed by atoms with Crippen LogP contribution in [0.25, 0.3) is 10.9 Å². The van der Waals surface area contributed by atoms with Crippen LogP contribution in [0.3, 0.4) is 0 Å². The summed E-state index contributed by atoms with van der Waals surface area (Å²) >= 11 is 0. The first-order chi connectivity index (χ1) is 8.43. The summed E-state index contributed by atoms with van der Waals surface area (Å²) in [5.74, 6) is 0. The van der Waals surface area contributed by atoms with Crippen molar-refractivity contribution in [2.45, 2.75) is 31.0 Å². The number of aromatic nitrogens is 1. The van der Waals surface area contributed by atoms with E-state index in [4.69, 9.17) is 0 Å². The summed E-state index contributed by atoms with van der Waals surface area (Å²) in [5, 5.41) is 10.8. The topological polar surface area (TPSA) is 36.0 Å². The number of rotatable bonds is 0. The molecule has 1 unspecified atom stereocenters. The van der Waals surface area contributed by atoms with Crippen molar-refractivity contribution in [1.82, 2.24) is 4.98 Å². The number of alkyl halides is 3. The van der Waals surface area contributed by atoms with Crippen molar-refractivity contribution in [1.29, 1.82) is 0 Å². The smallest absolute Gasteiger partial charge is 0.375 e. The number of aliphatic hydroxyl groups is 1. The van der Waals surface area contributed by atoms with Gasteiger partial charge in [0.1, 0.15) is 0 Å². The van der Waals surface area contributed by atoms with Gasteiger partial charge in [0.05, 0.1) is 5.69 Å². The molecule has 1 aromatic carbocycles. The van der Waals surface area contributed by atoms with E-state index in [0.717, 1.165) is 5.39 Å². The van der Waals surface area contributed by atoms with Gasteiger partial charge in [-0.25, -0.2) is 0 Å². The first-order valence-electron chi connectivity index (χ1n) is 5.83. The first kappa shape index (κ1) is 11.6. The molecule has 0 fully saturated rings. The highest BCUT2D eigenvalue weighted by Gasteiger charge is 2.57. The van der Waals surface area contributed by atoms with Crippen LogP contribution in [0.5, 0.6) is 0 Å². The summed E-state index contributed by atoms with van der Waals surface area (Å²) in [5.41, 5.74) is -1.58. The van der Waals surface area contributed by atoms with Gasteiger partial charge in [-0.15, -0.1) is 0 Å². The van der Waals surface area contributed by atoms with E-state index < -0.39 is 11.8 Å². The Morgan fingerprint density at radius 3 is 2.67 bits per heavy atom. The van der Waals surface area contributed by atoms with E-state index >= 15 is 0 Å². The van der Waals surface area contributed by atoms with E-state index in [1.165, 1.54) is 0 Å². The van der Waals surface area contributed by atoms with Crippen LogP contribution in [-0.4, -0.2) is 16.3 Å². The summed E-state index contributed by atoms with van der Waals surface area (Å²) in [7, 11) is 0. The molecule has 5 heteroatoms. The molecule has 1 aromatic heterocycles. The number of fused-ring (bicyclic) bond motifs is 3. The molecule has 96 valence electrons. The second-order valence-corrected chi connectivity index (χ2v) is 4.74. The molecule has 0 amide bonds. The molecule has 0 saturated carbocycles. The molecule has 1 heterocycles. The van der Waals surface area contributed by atoms with Gasteiger partial charge in [0.25, 0.3) is 0 Å². The summed E-state index contributed by atoms with van der Waals surface area (Å²) in [4.78, 5) is 2.74. The predicted octanol–water partition coefficient (Wildman–Crippen LogP) is 3.25. The minimum Gasteiger partial charge on any atom is -0.375 e. The average molecular weight is 255 g/mol. The maximum Gasteiger partial charge on any atom is 0.422 e. The van der Waals surface area contributed by atoms with E-state index in [-0.39, 0.29) is 12.1 Å². The normalized spacial score (nSPS) is 24.2. The first-order valence-corrected chi connectivity index (χ1v) is 5.83. The van der Waals surface area contributed by atoms with Gasteiger partial charge in [0, 0.05) is 10.9 Å². The Labute approximate surface area is 101 Å². The monoisotopic (exact) mass is 255 g/mol. The third-order valence-corrected chi connectivity index (χ3v) is 3.66. The predicted molar refractivity (Wildman–Crippen MR) is 61.2 cm³/mol. The van der Waals surface area contributed by atoms with Gasteiger partial charge < -0.3 is 10.1 Å². The number of benzene rings is 1. The maximum absolute atomic E-state index is 13.1. The number of H-pyrrole nitrogens is 1. The zero-order valence-corrected chi connectivity index (χ0v) is 9.51. The van der Waals surface area contributed by atoms with Crippen LogP contribution in [0.1, 0.15) is 24.1 Å². The molecule has 0 saturated heterocycles. The fourth-order valence-electron chi connectivity index (χ4n) is 2.74. The molecule has 1 aliphatic rings. The molecule has 0 radical (unpaired) electrons. The van der Waals surface area contributed by atoms with Crippen molar-refractivity contribution in [2.24, 2.45) is 0 Å². The van der Waals surface area contributed by atoms with Crippen molar-refractivity contribution < 1.29 is 18.3 Å². The SMILES string of the molecule is OC1(C(F)(F)F)CCCc2c1[nH]c1ccccc21. The standard InChI is InChI=1S/C13H12F3NO/c14-13(15,16)12(18)7-3-5-9-8-4-1-2-6-10(8)17-11(9)12/h1-2,4,6,17-18H,3,5,7H2. The summed E-state index contributed by atoms with van der Waals surface area (Å²) in [6.07, 6.45) is -4.03. The fourth-order valence-corrected chi connectivity index (χ4v) is 2.74. The Bertz CT molecular complexity index is 602. The number of hydrogen-bond acceptors (Lipinski definition) is 1. The molecular weight excluding hydrogens is 243 g/mol. The number of aromatic amines is 1. The largest absolute Gasteiger partial charge is 0.422 e. The highest BCUT2D eigenvalue weighted by molar-refractivity contribution is 5.85. The highest BCUT2D eigenvalue weighted by Crippen LogP contribution is 2.47. The van der Waals surface area contributed by atoms with E-state index in [1.807, 2.05) is 0 Å². The maximum atomic E-state index is 13.1. The second kappa shape index (κ2) is 3.51. The molecule has 0 aliphatic heterocycles. The number of nitrogens with one attached hydrogen (secondary N) is 1. The third kappa shape index (κ3) is 1.40. The van der Waals surface area contributed by atoms with Gasteiger partial charge in [0.2, 0.25) is 5.60 Å². The van der Waals surface area contributed by atoms with E-state index in [9.17, 15) is 18.3 Å². The van der Waals surface area contributed by atoms with Crippen LogP contribution in [-0.2, 0) is 12.0 Å². The van der Waals surface area contributed by atoms with E-state index in [2.05, 4.69) is 4.98 Å². The Hall–Kier alpha value is -1.49. The number of hydrogen-bond donors (Lipinski definition) is 2. The zero-order chi connectivity index (χ0) is 13.0. The summed E-state index contributed by atoms with van der Waals surface area (Å²) in [6.45, 7) is 0. The van der Waals surface area contributed by atoms with Gasteiger partial charge in [0.15, 0.2) is 0 Å². The van der Waals surface area contributed by atoms with Gasteiger partial charge in [-0.1, -0.05) is 18.2 Å². The van der Waals surface area contributed by atoms with Crippen molar-refractivity contribution in [3.63, 3.8) is 0 Å². The van der Waals surface area contributed by atoms with Crippen LogP contribution >= 0.6 is 0 Å². The zero-order valence-electron chi connectivity index (χ0n) is 9.51. The minimum atomic E-state index is -4.65. The number of halogens is 3. The third-order valence-electron chi connectivity index (χ3n) is 3.66. The molecule has 2 N–H and O–H groups in total. The minimum absolute atomic E-state index is 0.0811. The van der Waals surface area contributed by atoms with Gasteiger partial charge in [-0.2, -0.15) is 13.2 Å². The van der Waals surface area contributed by atoms with Crippen LogP contribution in [0, 0.1) is 0 Å². The van der Waals surface area contributed by atoms with Crippen LogP contribution < -0.4 is 0 Å². The molecule has 0 spiro atoms. The van der Waals surface area contributed by atoms with Crippen LogP contribution in [0.15, 0.2) is 24.3 Å². The lowest BCUT2D eigenvalue weighted by molar-refractivity contribution is -0.272. The average Bonchev–Trinajstić information content (AvgIpc) is 2.68. The van der Waals surface area contributed by atoms with Crippen molar-refractivity contribution in [2.75, 3.05) is 0 Å².